The zero-order valence-corrected chi connectivity index (χ0v) is 20.3. The van der Waals surface area contributed by atoms with Crippen molar-refractivity contribution in [1.82, 2.24) is 19.8 Å². The van der Waals surface area contributed by atoms with Crippen LogP contribution in [0.4, 0.5) is 17.6 Å². The third-order valence-electron chi connectivity index (χ3n) is 6.64. The molecular weight excluding hydrogens is 488 g/mol. The number of carbonyl (C=O) groups is 2. The highest BCUT2D eigenvalue weighted by molar-refractivity contribution is 5.87. The molecule has 0 radical (unpaired) electrons. The van der Waals surface area contributed by atoms with Crippen LogP contribution in [0.5, 0.6) is 0 Å². The Morgan fingerprint density at radius 2 is 1.70 bits per heavy atom. The van der Waals surface area contributed by atoms with Crippen LogP contribution in [-0.4, -0.2) is 45.4 Å². The summed E-state index contributed by atoms with van der Waals surface area (Å²) >= 11 is 0. The number of carbonyl (C=O) groups excluding carboxylic acids is 2. The van der Waals surface area contributed by atoms with Gasteiger partial charge in [0.1, 0.15) is 17.7 Å². The van der Waals surface area contributed by atoms with E-state index in [2.05, 4.69) is 10.3 Å². The summed E-state index contributed by atoms with van der Waals surface area (Å²) in [6.45, 7) is 2.13. The van der Waals surface area contributed by atoms with Crippen LogP contribution in [0.3, 0.4) is 0 Å². The van der Waals surface area contributed by atoms with Gasteiger partial charge in [-0.2, -0.15) is 13.2 Å². The molecule has 1 aliphatic rings. The molecule has 0 aliphatic carbocycles. The van der Waals surface area contributed by atoms with Gasteiger partial charge in [0.15, 0.2) is 0 Å². The number of hydrogen-bond donors (Lipinski definition) is 1. The van der Waals surface area contributed by atoms with Gasteiger partial charge in [-0.1, -0.05) is 36.4 Å². The van der Waals surface area contributed by atoms with E-state index in [0.717, 1.165) is 6.07 Å². The number of rotatable bonds is 7. The van der Waals surface area contributed by atoms with Crippen molar-refractivity contribution in [3.05, 3.63) is 89.3 Å². The lowest BCUT2D eigenvalue weighted by atomic mass is 9.94. The Morgan fingerprint density at radius 3 is 2.35 bits per heavy atom. The van der Waals surface area contributed by atoms with E-state index in [1.54, 1.807) is 46.1 Å². The summed E-state index contributed by atoms with van der Waals surface area (Å²) in [6, 6.07) is 10.7. The normalized spacial score (nSPS) is 15.4. The third-order valence-corrected chi connectivity index (χ3v) is 6.64. The van der Waals surface area contributed by atoms with Crippen LogP contribution in [0.1, 0.15) is 48.2 Å². The number of nitrogens with zero attached hydrogens (tertiary/aromatic N) is 3. The summed E-state index contributed by atoms with van der Waals surface area (Å²) in [7, 11) is 0. The molecule has 1 aromatic heterocycles. The zero-order chi connectivity index (χ0) is 26.6. The fourth-order valence-electron chi connectivity index (χ4n) is 4.84. The van der Waals surface area contributed by atoms with Gasteiger partial charge >= 0.3 is 6.18 Å². The van der Waals surface area contributed by atoms with E-state index in [1.165, 1.54) is 25.1 Å². The highest BCUT2D eigenvalue weighted by Gasteiger charge is 2.34. The maximum atomic E-state index is 14.2. The molecule has 1 saturated heterocycles. The molecule has 0 bridgehead atoms. The minimum atomic E-state index is -4.45. The molecule has 1 aliphatic heterocycles. The molecule has 2 amide bonds. The Balaban J connectivity index is 1.43. The smallest absolute Gasteiger partial charge is 0.344 e. The van der Waals surface area contributed by atoms with Crippen molar-refractivity contribution in [3.8, 4) is 0 Å². The Labute approximate surface area is 212 Å². The maximum absolute atomic E-state index is 14.2. The van der Waals surface area contributed by atoms with Gasteiger partial charge in [-0.15, -0.1) is 0 Å². The molecule has 0 saturated carbocycles. The fourth-order valence-corrected chi connectivity index (χ4v) is 4.84. The Hall–Kier alpha value is -3.69. The second-order valence-corrected chi connectivity index (χ2v) is 9.22. The predicted octanol–water partition coefficient (Wildman–Crippen LogP) is 4.54. The standard InChI is InChI=1S/C27H28F4N4O2/c1-18(36)33-24(16-20-6-3-5-9-23(20)28)26(37)34-13-10-19(11-14-34)25-32-12-15-35(25)17-21-7-2-4-8-22(21)27(29,30)31/h2-9,12,15,19,24H,10-11,13-14,16-17H2,1H3,(H,33,36). The fraction of sp³-hybridized carbons (Fsp3) is 0.370. The predicted molar refractivity (Wildman–Crippen MR) is 129 cm³/mol. The van der Waals surface area contributed by atoms with E-state index in [0.29, 0.717) is 37.3 Å². The van der Waals surface area contributed by atoms with Gasteiger partial charge < -0.3 is 14.8 Å². The molecule has 1 unspecified atom stereocenters. The summed E-state index contributed by atoms with van der Waals surface area (Å²) in [5.74, 6) is -0.481. The molecule has 1 N–H and O–H groups in total. The van der Waals surface area contributed by atoms with Crippen molar-refractivity contribution in [2.45, 2.75) is 50.9 Å². The summed E-state index contributed by atoms with van der Waals surface area (Å²) < 4.78 is 56.2. The summed E-state index contributed by atoms with van der Waals surface area (Å²) in [5.41, 5.74) is -0.173. The van der Waals surface area contributed by atoms with Crippen LogP contribution >= 0.6 is 0 Å². The van der Waals surface area contributed by atoms with E-state index in [9.17, 15) is 27.2 Å². The van der Waals surface area contributed by atoms with Gasteiger partial charge in [-0.25, -0.2) is 9.37 Å². The number of hydrogen-bond acceptors (Lipinski definition) is 3. The summed E-state index contributed by atoms with van der Waals surface area (Å²) in [5, 5.41) is 2.64. The van der Waals surface area contributed by atoms with Crippen LogP contribution in [0, 0.1) is 5.82 Å². The second kappa shape index (κ2) is 11.1. The first kappa shape index (κ1) is 26.4. The molecule has 1 atom stereocenters. The number of alkyl halides is 3. The highest BCUT2D eigenvalue weighted by atomic mass is 19.4. The van der Waals surface area contributed by atoms with Crippen LogP contribution < -0.4 is 5.32 Å². The first-order chi connectivity index (χ1) is 17.6. The van der Waals surface area contributed by atoms with Crippen molar-refractivity contribution < 1.29 is 27.2 Å². The Bertz CT molecular complexity index is 1250. The van der Waals surface area contributed by atoms with Gasteiger partial charge in [0.2, 0.25) is 11.8 Å². The minimum Gasteiger partial charge on any atom is -0.344 e. The molecule has 6 nitrogen and oxygen atoms in total. The average molecular weight is 517 g/mol. The lowest BCUT2D eigenvalue weighted by molar-refractivity contribution is -0.138. The highest BCUT2D eigenvalue weighted by Crippen LogP contribution is 2.33. The lowest BCUT2D eigenvalue weighted by Crippen LogP contribution is -2.51. The number of piperidine rings is 1. The van der Waals surface area contributed by atoms with Crippen LogP contribution in [-0.2, 0) is 28.7 Å². The molecule has 3 aromatic rings. The number of imidazole rings is 1. The molecule has 1 fully saturated rings. The van der Waals surface area contributed by atoms with Crippen LogP contribution in [0.2, 0.25) is 0 Å². The van der Waals surface area contributed by atoms with Gasteiger partial charge in [0, 0.05) is 51.3 Å². The van der Waals surface area contributed by atoms with Gasteiger partial charge in [-0.05, 0) is 36.1 Å². The van der Waals surface area contributed by atoms with Crippen molar-refractivity contribution >= 4 is 11.8 Å². The maximum Gasteiger partial charge on any atom is 0.416 e. The average Bonchev–Trinajstić information content (AvgIpc) is 3.32. The van der Waals surface area contributed by atoms with Crippen molar-refractivity contribution in [2.75, 3.05) is 13.1 Å². The molecular formula is C27H28F4N4O2. The van der Waals surface area contributed by atoms with Gasteiger partial charge in [0.25, 0.3) is 0 Å². The van der Waals surface area contributed by atoms with Crippen LogP contribution in [0.15, 0.2) is 60.9 Å². The molecule has 4 rings (SSSR count). The number of amides is 2. The monoisotopic (exact) mass is 516 g/mol. The van der Waals surface area contributed by atoms with E-state index < -0.39 is 23.6 Å². The molecule has 2 heterocycles. The summed E-state index contributed by atoms with van der Waals surface area (Å²) in [4.78, 5) is 31.0. The van der Waals surface area contributed by atoms with Crippen molar-refractivity contribution in [3.63, 3.8) is 0 Å². The van der Waals surface area contributed by atoms with Gasteiger partial charge in [0.05, 0.1) is 5.56 Å². The zero-order valence-electron chi connectivity index (χ0n) is 20.3. The Kier molecular flexibility index (Phi) is 7.94. The van der Waals surface area contributed by atoms with E-state index in [4.69, 9.17) is 0 Å². The molecule has 196 valence electrons. The first-order valence-electron chi connectivity index (χ1n) is 12.1. The third kappa shape index (κ3) is 6.36. The van der Waals surface area contributed by atoms with E-state index >= 15 is 0 Å². The molecule has 10 heteroatoms. The largest absolute Gasteiger partial charge is 0.416 e. The number of nitrogens with one attached hydrogen (secondary N) is 1. The van der Waals surface area contributed by atoms with Crippen LogP contribution in [0.25, 0.3) is 0 Å². The Morgan fingerprint density at radius 1 is 1.05 bits per heavy atom. The van der Waals surface area contributed by atoms with Crippen molar-refractivity contribution in [2.24, 2.45) is 0 Å². The first-order valence-corrected chi connectivity index (χ1v) is 12.1. The topological polar surface area (TPSA) is 67.2 Å². The van der Waals surface area contributed by atoms with Gasteiger partial charge in [-0.3, -0.25) is 9.59 Å². The molecule has 37 heavy (non-hydrogen) atoms. The molecule has 2 aromatic carbocycles. The quantitative estimate of drug-likeness (QED) is 0.469. The number of halogens is 4. The van der Waals surface area contributed by atoms with E-state index in [-0.39, 0.29) is 36.3 Å². The SMILES string of the molecule is CC(=O)NC(Cc1ccccc1F)C(=O)N1CCC(c2nccn2Cc2ccccc2C(F)(F)F)CC1. The molecule has 0 spiro atoms. The second-order valence-electron chi connectivity index (χ2n) is 9.22. The summed E-state index contributed by atoms with van der Waals surface area (Å²) in [6.07, 6.45) is -0.0397. The number of aromatic nitrogens is 2. The lowest BCUT2D eigenvalue weighted by Gasteiger charge is -2.34. The van der Waals surface area contributed by atoms with E-state index in [1.807, 2.05) is 0 Å². The number of benzene rings is 2. The number of likely N-dealkylation sites (tertiary alicyclic amines) is 1. The minimum absolute atomic E-state index is 0.0357. The van der Waals surface area contributed by atoms with Crippen molar-refractivity contribution in [1.29, 1.82) is 0 Å².